The minimum atomic E-state index is -0.398. The molecule has 3 heterocycles. The minimum absolute atomic E-state index is 0.104. The van der Waals surface area contributed by atoms with E-state index in [1.165, 1.54) is 12.4 Å². The second-order valence-electron chi connectivity index (χ2n) is 5.44. The average Bonchev–Trinajstić information content (AvgIpc) is 2.57. The molecule has 1 saturated heterocycles. The molecular weight excluding hydrogens is 294 g/mol. The van der Waals surface area contributed by atoms with Gasteiger partial charge in [0.05, 0.1) is 11.9 Å². The van der Waals surface area contributed by atoms with Crippen molar-refractivity contribution in [2.24, 2.45) is 0 Å². The van der Waals surface area contributed by atoms with Crippen LogP contribution in [0.5, 0.6) is 0 Å². The number of piperazine rings is 1. The van der Waals surface area contributed by atoms with Crippen molar-refractivity contribution >= 4 is 23.2 Å². The number of likely N-dealkylation sites (N-methyl/N-ethyl adjacent to an activating group) is 1. The number of amides is 1. The monoisotopic (exact) mass is 313 g/mol. The molecule has 120 valence electrons. The van der Waals surface area contributed by atoms with Crippen molar-refractivity contribution < 1.29 is 4.79 Å². The van der Waals surface area contributed by atoms with Crippen molar-refractivity contribution in [3.8, 4) is 0 Å². The molecule has 2 aromatic rings. The van der Waals surface area contributed by atoms with Crippen LogP contribution in [0.4, 0.5) is 17.3 Å². The van der Waals surface area contributed by atoms with E-state index in [2.05, 4.69) is 37.1 Å². The Hall–Kier alpha value is -2.74. The smallest absolute Gasteiger partial charge is 0.278 e. The third-order valence-corrected chi connectivity index (χ3v) is 3.77. The molecule has 1 aliphatic rings. The van der Waals surface area contributed by atoms with Gasteiger partial charge in [-0.25, -0.2) is 15.0 Å². The zero-order valence-corrected chi connectivity index (χ0v) is 12.9. The second kappa shape index (κ2) is 6.57. The molecule has 0 radical (unpaired) electrons. The summed E-state index contributed by atoms with van der Waals surface area (Å²) < 4.78 is 0. The van der Waals surface area contributed by atoms with E-state index in [0.29, 0.717) is 5.69 Å². The standard InChI is InChI=1S/C15H19N7O/c1-21-6-8-22(9-7-21)12-3-2-11(10-19-12)20-15(23)13-14(16)18-5-4-17-13/h2-5,10H,6-9H2,1H3,(H2,16,18)(H,20,23). The number of nitrogens with two attached hydrogens (primary N) is 1. The molecule has 8 nitrogen and oxygen atoms in total. The molecule has 0 aromatic carbocycles. The summed E-state index contributed by atoms with van der Waals surface area (Å²) in [7, 11) is 2.11. The lowest BCUT2D eigenvalue weighted by Crippen LogP contribution is -2.44. The van der Waals surface area contributed by atoms with E-state index in [1.807, 2.05) is 12.1 Å². The Bertz CT molecular complexity index is 680. The summed E-state index contributed by atoms with van der Waals surface area (Å²) in [4.78, 5) is 28.8. The Morgan fingerprint density at radius 1 is 1.13 bits per heavy atom. The van der Waals surface area contributed by atoms with Crippen LogP contribution in [0.2, 0.25) is 0 Å². The first kappa shape index (κ1) is 15.2. The van der Waals surface area contributed by atoms with Crippen LogP contribution >= 0.6 is 0 Å². The van der Waals surface area contributed by atoms with Crippen LogP contribution in [-0.4, -0.2) is 59.0 Å². The van der Waals surface area contributed by atoms with Crippen molar-refractivity contribution in [2.45, 2.75) is 0 Å². The molecule has 3 N–H and O–H groups in total. The predicted molar refractivity (Wildman–Crippen MR) is 88.3 cm³/mol. The molecule has 2 aromatic heterocycles. The highest BCUT2D eigenvalue weighted by molar-refractivity contribution is 6.05. The number of anilines is 3. The Labute approximate surface area is 134 Å². The van der Waals surface area contributed by atoms with Gasteiger partial charge in [0.25, 0.3) is 5.91 Å². The van der Waals surface area contributed by atoms with Crippen LogP contribution in [-0.2, 0) is 0 Å². The van der Waals surface area contributed by atoms with E-state index in [0.717, 1.165) is 32.0 Å². The quantitative estimate of drug-likeness (QED) is 0.849. The van der Waals surface area contributed by atoms with E-state index in [-0.39, 0.29) is 11.5 Å². The Morgan fingerprint density at radius 2 is 1.87 bits per heavy atom. The van der Waals surface area contributed by atoms with Gasteiger partial charge >= 0.3 is 0 Å². The number of rotatable bonds is 3. The number of nitrogen functional groups attached to an aromatic ring is 1. The maximum Gasteiger partial charge on any atom is 0.278 e. The van der Waals surface area contributed by atoms with Crippen molar-refractivity contribution in [1.82, 2.24) is 19.9 Å². The predicted octanol–water partition coefficient (Wildman–Crippen LogP) is 0.458. The SMILES string of the molecule is CN1CCN(c2ccc(NC(=O)c3nccnc3N)cn2)CC1. The van der Waals surface area contributed by atoms with Gasteiger partial charge in [0.2, 0.25) is 0 Å². The largest absolute Gasteiger partial charge is 0.382 e. The molecule has 8 heteroatoms. The fraction of sp³-hybridized carbons (Fsp3) is 0.333. The molecule has 1 amide bonds. The lowest BCUT2D eigenvalue weighted by molar-refractivity contribution is 0.102. The summed E-state index contributed by atoms with van der Waals surface area (Å²) in [5.41, 5.74) is 6.35. The fourth-order valence-corrected chi connectivity index (χ4v) is 2.40. The molecule has 3 rings (SSSR count). The van der Waals surface area contributed by atoms with E-state index < -0.39 is 5.91 Å². The highest BCUT2D eigenvalue weighted by Gasteiger charge is 2.16. The van der Waals surface area contributed by atoms with Gasteiger partial charge in [0.1, 0.15) is 5.82 Å². The number of aromatic nitrogens is 3. The van der Waals surface area contributed by atoms with Crippen LogP contribution in [0.15, 0.2) is 30.7 Å². The first-order valence-electron chi connectivity index (χ1n) is 7.41. The molecule has 0 bridgehead atoms. The molecule has 1 aliphatic heterocycles. The van der Waals surface area contributed by atoms with Crippen molar-refractivity contribution in [3.05, 3.63) is 36.4 Å². The van der Waals surface area contributed by atoms with Gasteiger partial charge in [0.15, 0.2) is 11.5 Å². The van der Waals surface area contributed by atoms with Crippen LogP contribution in [0, 0.1) is 0 Å². The molecule has 0 atom stereocenters. The van der Waals surface area contributed by atoms with Crippen molar-refractivity contribution in [1.29, 1.82) is 0 Å². The number of nitrogens with zero attached hydrogens (tertiary/aromatic N) is 5. The molecule has 0 aliphatic carbocycles. The number of nitrogens with one attached hydrogen (secondary N) is 1. The van der Waals surface area contributed by atoms with Gasteiger partial charge in [-0.3, -0.25) is 4.79 Å². The van der Waals surface area contributed by atoms with E-state index in [9.17, 15) is 4.79 Å². The second-order valence-corrected chi connectivity index (χ2v) is 5.44. The van der Waals surface area contributed by atoms with Gasteiger partial charge in [-0.05, 0) is 19.2 Å². The summed E-state index contributed by atoms with van der Waals surface area (Å²) in [5, 5.41) is 2.73. The minimum Gasteiger partial charge on any atom is -0.382 e. The first-order valence-corrected chi connectivity index (χ1v) is 7.41. The number of pyridine rings is 1. The number of hydrogen-bond acceptors (Lipinski definition) is 7. The molecule has 0 saturated carbocycles. The van der Waals surface area contributed by atoms with E-state index in [1.54, 1.807) is 6.20 Å². The zero-order valence-electron chi connectivity index (χ0n) is 12.9. The number of carbonyl (C=O) groups is 1. The van der Waals surface area contributed by atoms with Gasteiger partial charge < -0.3 is 20.9 Å². The lowest BCUT2D eigenvalue weighted by Gasteiger charge is -2.33. The maximum atomic E-state index is 12.1. The normalized spacial score (nSPS) is 15.4. The summed E-state index contributed by atoms with van der Waals surface area (Å²) in [5.74, 6) is 0.617. The number of carbonyl (C=O) groups excluding carboxylic acids is 1. The Balaban J connectivity index is 1.66. The maximum absolute atomic E-state index is 12.1. The van der Waals surface area contributed by atoms with E-state index >= 15 is 0 Å². The van der Waals surface area contributed by atoms with Gasteiger partial charge in [-0.15, -0.1) is 0 Å². The van der Waals surface area contributed by atoms with Crippen molar-refractivity contribution in [3.63, 3.8) is 0 Å². The first-order chi connectivity index (χ1) is 11.1. The summed E-state index contributed by atoms with van der Waals surface area (Å²) in [6.07, 6.45) is 4.51. The zero-order chi connectivity index (χ0) is 16.2. The van der Waals surface area contributed by atoms with Crippen LogP contribution < -0.4 is 16.0 Å². The summed E-state index contributed by atoms with van der Waals surface area (Å²) >= 11 is 0. The topological polar surface area (TPSA) is 100 Å². The highest BCUT2D eigenvalue weighted by Crippen LogP contribution is 2.16. The fourth-order valence-electron chi connectivity index (χ4n) is 2.40. The van der Waals surface area contributed by atoms with Gasteiger partial charge in [0, 0.05) is 38.6 Å². The Kier molecular flexibility index (Phi) is 4.33. The summed E-state index contributed by atoms with van der Waals surface area (Å²) in [6.45, 7) is 3.94. The van der Waals surface area contributed by atoms with Crippen LogP contribution in [0.3, 0.4) is 0 Å². The molecule has 0 unspecified atom stereocenters. The van der Waals surface area contributed by atoms with Crippen LogP contribution in [0.25, 0.3) is 0 Å². The summed E-state index contributed by atoms with van der Waals surface area (Å²) in [6, 6.07) is 3.73. The van der Waals surface area contributed by atoms with E-state index in [4.69, 9.17) is 5.73 Å². The van der Waals surface area contributed by atoms with Crippen LogP contribution in [0.1, 0.15) is 10.5 Å². The number of hydrogen-bond donors (Lipinski definition) is 2. The highest BCUT2D eigenvalue weighted by atomic mass is 16.1. The Morgan fingerprint density at radius 3 is 2.52 bits per heavy atom. The van der Waals surface area contributed by atoms with Crippen molar-refractivity contribution in [2.75, 3.05) is 49.2 Å². The third-order valence-electron chi connectivity index (χ3n) is 3.77. The molecule has 0 spiro atoms. The van der Waals surface area contributed by atoms with Gasteiger partial charge in [-0.2, -0.15) is 0 Å². The van der Waals surface area contributed by atoms with Gasteiger partial charge in [-0.1, -0.05) is 0 Å². The average molecular weight is 313 g/mol. The molecule has 23 heavy (non-hydrogen) atoms. The molecule has 1 fully saturated rings. The third kappa shape index (κ3) is 3.54. The lowest BCUT2D eigenvalue weighted by atomic mass is 10.3. The molecular formula is C15H19N7O.